The lowest BCUT2D eigenvalue weighted by molar-refractivity contribution is 0.130. The average molecular weight is 233 g/mol. The van der Waals surface area contributed by atoms with Crippen LogP contribution in [0, 0.1) is 5.92 Å². The van der Waals surface area contributed by atoms with Crippen LogP contribution in [0.5, 0.6) is 0 Å². The Morgan fingerprint density at radius 2 is 2.12 bits per heavy atom. The van der Waals surface area contributed by atoms with E-state index in [1.165, 1.54) is 37.7 Å². The van der Waals surface area contributed by atoms with Gasteiger partial charge in [0.2, 0.25) is 0 Å². The fourth-order valence-electron chi connectivity index (χ4n) is 2.92. The number of rotatable bonds is 4. The molecule has 1 heterocycles. The first-order chi connectivity index (χ1) is 8.31. The maximum atomic E-state index is 10.4. The summed E-state index contributed by atoms with van der Waals surface area (Å²) in [6.07, 6.45) is 11.9. The van der Waals surface area contributed by atoms with Gasteiger partial charge in [-0.25, -0.2) is 0 Å². The highest BCUT2D eigenvalue weighted by atomic mass is 16.3. The Hall–Kier alpha value is -0.890. The largest absolute Gasteiger partial charge is 0.388 e. The number of nitrogens with zero attached hydrogens (tertiary/aromatic N) is 1. The topological polar surface area (TPSA) is 33.1 Å². The Balaban J connectivity index is 2.00. The van der Waals surface area contributed by atoms with E-state index < -0.39 is 0 Å². The molecule has 0 aromatic carbocycles. The molecule has 1 aromatic heterocycles. The van der Waals surface area contributed by atoms with Gasteiger partial charge in [-0.1, -0.05) is 39.0 Å². The van der Waals surface area contributed by atoms with E-state index in [-0.39, 0.29) is 6.10 Å². The van der Waals surface area contributed by atoms with Gasteiger partial charge in [0.05, 0.1) is 6.10 Å². The molecule has 0 aliphatic heterocycles. The second-order valence-electron chi connectivity index (χ2n) is 5.18. The van der Waals surface area contributed by atoms with E-state index in [0.717, 1.165) is 24.3 Å². The van der Waals surface area contributed by atoms with E-state index in [4.69, 9.17) is 0 Å². The van der Waals surface area contributed by atoms with Gasteiger partial charge in [0, 0.05) is 12.4 Å². The first-order valence-electron chi connectivity index (χ1n) is 6.92. The van der Waals surface area contributed by atoms with Gasteiger partial charge >= 0.3 is 0 Å². The van der Waals surface area contributed by atoms with Crippen molar-refractivity contribution in [3.8, 4) is 0 Å². The van der Waals surface area contributed by atoms with Gasteiger partial charge in [0.25, 0.3) is 0 Å². The number of aromatic nitrogens is 1. The summed E-state index contributed by atoms with van der Waals surface area (Å²) in [5.74, 6) is 0.719. The minimum absolute atomic E-state index is 0.295. The van der Waals surface area contributed by atoms with Crippen LogP contribution in [-0.4, -0.2) is 10.1 Å². The Bertz CT molecular complexity index is 345. The first kappa shape index (κ1) is 12.6. The Kier molecular flexibility index (Phi) is 4.55. The fourth-order valence-corrected chi connectivity index (χ4v) is 2.92. The predicted molar refractivity (Wildman–Crippen MR) is 69.8 cm³/mol. The number of aliphatic hydroxyl groups is 1. The second-order valence-corrected chi connectivity index (χ2v) is 5.18. The minimum atomic E-state index is -0.295. The molecule has 1 atom stereocenters. The summed E-state index contributed by atoms with van der Waals surface area (Å²) < 4.78 is 0. The summed E-state index contributed by atoms with van der Waals surface area (Å²) >= 11 is 0. The van der Waals surface area contributed by atoms with Crippen molar-refractivity contribution in [2.45, 2.75) is 58.0 Å². The zero-order valence-corrected chi connectivity index (χ0v) is 10.7. The quantitative estimate of drug-likeness (QED) is 0.861. The molecule has 94 valence electrons. The van der Waals surface area contributed by atoms with Crippen LogP contribution in [0.25, 0.3) is 0 Å². The van der Waals surface area contributed by atoms with Crippen molar-refractivity contribution in [2.24, 2.45) is 5.92 Å². The third-order valence-electron chi connectivity index (χ3n) is 3.96. The summed E-state index contributed by atoms with van der Waals surface area (Å²) in [5, 5.41) is 10.4. The Morgan fingerprint density at radius 3 is 2.82 bits per heavy atom. The molecule has 0 saturated heterocycles. The summed E-state index contributed by atoms with van der Waals surface area (Å²) in [5.41, 5.74) is 2.28. The van der Waals surface area contributed by atoms with E-state index in [2.05, 4.69) is 11.9 Å². The highest BCUT2D eigenvalue weighted by molar-refractivity contribution is 5.25. The van der Waals surface area contributed by atoms with Crippen molar-refractivity contribution in [2.75, 3.05) is 0 Å². The molecule has 1 aliphatic rings. The van der Waals surface area contributed by atoms with E-state index in [1.807, 2.05) is 12.3 Å². The van der Waals surface area contributed by atoms with E-state index in [0.29, 0.717) is 0 Å². The van der Waals surface area contributed by atoms with Crippen LogP contribution >= 0.6 is 0 Å². The smallest absolute Gasteiger partial charge is 0.0796 e. The summed E-state index contributed by atoms with van der Waals surface area (Å²) in [4.78, 5) is 4.13. The lowest BCUT2D eigenvalue weighted by Crippen LogP contribution is -2.12. The van der Waals surface area contributed by atoms with Crippen molar-refractivity contribution in [3.63, 3.8) is 0 Å². The first-order valence-corrected chi connectivity index (χ1v) is 6.92. The molecule has 1 N–H and O–H groups in total. The maximum absolute atomic E-state index is 10.4. The van der Waals surface area contributed by atoms with Crippen LogP contribution in [-0.2, 0) is 6.42 Å². The molecule has 0 spiro atoms. The van der Waals surface area contributed by atoms with Gasteiger partial charge in [-0.15, -0.1) is 0 Å². The number of aliphatic hydroxyl groups excluding tert-OH is 1. The van der Waals surface area contributed by atoms with Crippen LogP contribution < -0.4 is 0 Å². The number of hydrogen-bond donors (Lipinski definition) is 1. The second kappa shape index (κ2) is 6.15. The molecule has 0 bridgehead atoms. The van der Waals surface area contributed by atoms with Crippen molar-refractivity contribution in [1.82, 2.24) is 4.98 Å². The molecule has 1 saturated carbocycles. The summed E-state index contributed by atoms with van der Waals surface area (Å²) in [7, 11) is 0. The van der Waals surface area contributed by atoms with Gasteiger partial charge in [0.15, 0.2) is 0 Å². The molecule has 2 nitrogen and oxygen atoms in total. The Labute approximate surface area is 104 Å². The molecule has 2 rings (SSSR count). The number of hydrogen-bond acceptors (Lipinski definition) is 2. The molecule has 0 radical (unpaired) electrons. The molecule has 1 aliphatic carbocycles. The molecular weight excluding hydrogens is 210 g/mol. The summed E-state index contributed by atoms with van der Waals surface area (Å²) in [6.45, 7) is 2.12. The van der Waals surface area contributed by atoms with Gasteiger partial charge in [-0.2, -0.15) is 0 Å². The standard InChI is InChI=1S/C15H23NO/c1-2-13-11-16-9-8-14(13)15(17)10-12-6-4-3-5-7-12/h8-9,11-12,15,17H,2-7,10H2,1H3. The molecule has 2 heteroatoms. The monoisotopic (exact) mass is 233 g/mol. The fraction of sp³-hybridized carbons (Fsp3) is 0.667. The van der Waals surface area contributed by atoms with E-state index in [1.54, 1.807) is 6.20 Å². The van der Waals surface area contributed by atoms with Crippen LogP contribution in [0.3, 0.4) is 0 Å². The average Bonchev–Trinajstić information content (AvgIpc) is 2.40. The van der Waals surface area contributed by atoms with E-state index in [9.17, 15) is 5.11 Å². The molecule has 1 aromatic rings. The number of aryl methyl sites for hydroxylation is 1. The van der Waals surface area contributed by atoms with Crippen molar-refractivity contribution < 1.29 is 5.11 Å². The molecule has 1 fully saturated rings. The molecular formula is C15H23NO. The lowest BCUT2D eigenvalue weighted by atomic mass is 9.83. The third kappa shape index (κ3) is 3.29. The van der Waals surface area contributed by atoms with Crippen LogP contribution in [0.1, 0.15) is 62.7 Å². The van der Waals surface area contributed by atoms with Crippen LogP contribution in [0.2, 0.25) is 0 Å². The summed E-state index contributed by atoms with van der Waals surface area (Å²) in [6, 6.07) is 1.98. The highest BCUT2D eigenvalue weighted by Crippen LogP contribution is 2.32. The lowest BCUT2D eigenvalue weighted by Gasteiger charge is -2.25. The maximum Gasteiger partial charge on any atom is 0.0796 e. The highest BCUT2D eigenvalue weighted by Gasteiger charge is 2.19. The molecule has 17 heavy (non-hydrogen) atoms. The van der Waals surface area contributed by atoms with Gasteiger partial charge in [0.1, 0.15) is 0 Å². The van der Waals surface area contributed by atoms with Crippen LogP contribution in [0.4, 0.5) is 0 Å². The normalized spacial score (nSPS) is 19.2. The minimum Gasteiger partial charge on any atom is -0.388 e. The van der Waals surface area contributed by atoms with Gasteiger partial charge < -0.3 is 5.11 Å². The van der Waals surface area contributed by atoms with Crippen molar-refractivity contribution >= 4 is 0 Å². The Morgan fingerprint density at radius 1 is 1.35 bits per heavy atom. The SMILES string of the molecule is CCc1cnccc1C(O)CC1CCCCC1. The molecule has 0 amide bonds. The zero-order chi connectivity index (χ0) is 12.1. The number of pyridine rings is 1. The third-order valence-corrected chi connectivity index (χ3v) is 3.96. The van der Waals surface area contributed by atoms with Crippen LogP contribution in [0.15, 0.2) is 18.5 Å². The van der Waals surface area contributed by atoms with E-state index >= 15 is 0 Å². The van der Waals surface area contributed by atoms with Gasteiger partial charge in [-0.05, 0) is 36.0 Å². The van der Waals surface area contributed by atoms with Gasteiger partial charge in [-0.3, -0.25) is 4.98 Å². The predicted octanol–water partition coefficient (Wildman–Crippen LogP) is 3.65. The molecule has 1 unspecified atom stereocenters. The van der Waals surface area contributed by atoms with Crippen molar-refractivity contribution in [1.29, 1.82) is 0 Å². The zero-order valence-electron chi connectivity index (χ0n) is 10.7. The van der Waals surface area contributed by atoms with Crippen molar-refractivity contribution in [3.05, 3.63) is 29.6 Å².